The van der Waals surface area contributed by atoms with E-state index in [1.54, 1.807) is 29.9 Å². The first-order valence-corrected chi connectivity index (χ1v) is 13.6. The van der Waals surface area contributed by atoms with Crippen molar-refractivity contribution in [3.05, 3.63) is 72.3 Å². The van der Waals surface area contributed by atoms with Crippen molar-refractivity contribution >= 4 is 33.4 Å². The molecular formula is C26H26F4N4O6S. The molecule has 2 N–H and O–H groups in total. The summed E-state index contributed by atoms with van der Waals surface area (Å²) >= 11 is 0. The van der Waals surface area contributed by atoms with Gasteiger partial charge in [-0.25, -0.2) is 17.6 Å². The molecule has 15 heteroatoms. The Balaban J connectivity index is 1.62. The molecule has 1 atom stereocenters. The van der Waals surface area contributed by atoms with Crippen LogP contribution in [-0.2, 0) is 21.8 Å². The van der Waals surface area contributed by atoms with Gasteiger partial charge in [0.1, 0.15) is 23.4 Å². The number of carbonyl (C=O) groups is 2. The highest BCUT2D eigenvalue weighted by Gasteiger charge is 2.51. The van der Waals surface area contributed by atoms with Crippen LogP contribution in [0.25, 0.3) is 0 Å². The summed E-state index contributed by atoms with van der Waals surface area (Å²) in [5.74, 6) is -1.02. The summed E-state index contributed by atoms with van der Waals surface area (Å²) in [4.78, 5) is 24.6. The molecule has 0 saturated carbocycles. The molecule has 220 valence electrons. The highest BCUT2D eigenvalue weighted by atomic mass is 32.2. The average Bonchev–Trinajstić information content (AvgIpc) is 3.32. The molecule has 4 rings (SSSR count). The molecule has 1 aliphatic rings. The third kappa shape index (κ3) is 6.39. The molecule has 0 fully saturated rings. The predicted octanol–water partition coefficient (Wildman–Crippen LogP) is 4.44. The largest absolute Gasteiger partial charge is 0.484 e. The molecule has 2 amide bonds. The highest BCUT2D eigenvalue weighted by molar-refractivity contribution is 7.92. The standard InChI is InChI=1S/C26H26F4N4O6S/c1-25(2,26(28,29)30)40-24(36)32-17-8-11-22-21(13-17)34(41(37,38)19-9-6-16(27)7-10-19)15-18(39-22)14-31-23(35)20-5-4-12-33(20)3/h4-13,18H,14-15H2,1-3H3,(H,31,35)(H,32,36). The number of aromatic nitrogens is 1. The van der Waals surface area contributed by atoms with Crippen molar-refractivity contribution in [2.45, 2.75) is 36.6 Å². The number of sulfonamides is 1. The lowest BCUT2D eigenvalue weighted by molar-refractivity contribution is -0.242. The molecule has 1 aromatic heterocycles. The molecule has 1 unspecified atom stereocenters. The summed E-state index contributed by atoms with van der Waals surface area (Å²) in [6.07, 6.45) is -5.43. The van der Waals surface area contributed by atoms with E-state index in [1.807, 2.05) is 0 Å². The number of hydrogen-bond donors (Lipinski definition) is 2. The SMILES string of the molecule is Cn1cccc1C(=O)NCC1CN(S(=O)(=O)c2ccc(F)cc2)c2cc(NC(=O)OC(C)(C)C(F)(F)F)ccc2O1. The third-order valence-electron chi connectivity index (χ3n) is 6.24. The van der Waals surface area contributed by atoms with Gasteiger partial charge in [-0.05, 0) is 68.4 Å². The van der Waals surface area contributed by atoms with E-state index >= 15 is 0 Å². The van der Waals surface area contributed by atoms with Gasteiger partial charge in [0, 0.05) is 18.9 Å². The van der Waals surface area contributed by atoms with Crippen LogP contribution in [-0.4, -0.2) is 56.0 Å². The second kappa shape index (κ2) is 11.0. The zero-order valence-corrected chi connectivity index (χ0v) is 22.8. The van der Waals surface area contributed by atoms with Gasteiger partial charge >= 0.3 is 12.3 Å². The molecule has 10 nitrogen and oxygen atoms in total. The van der Waals surface area contributed by atoms with E-state index in [1.165, 1.54) is 18.2 Å². The van der Waals surface area contributed by atoms with Gasteiger partial charge in [-0.3, -0.25) is 14.4 Å². The van der Waals surface area contributed by atoms with Gasteiger partial charge in [0.2, 0.25) is 5.60 Å². The average molecular weight is 599 g/mol. The van der Waals surface area contributed by atoms with Crippen LogP contribution in [0, 0.1) is 5.82 Å². The molecule has 0 bridgehead atoms. The third-order valence-corrected chi connectivity index (χ3v) is 8.03. The number of anilines is 2. The number of fused-ring (bicyclic) bond motifs is 1. The number of hydrogen-bond acceptors (Lipinski definition) is 6. The Hall–Kier alpha value is -4.27. The van der Waals surface area contributed by atoms with E-state index in [-0.39, 0.29) is 35.1 Å². The Morgan fingerprint density at radius 2 is 1.78 bits per heavy atom. The number of aryl methyl sites for hydroxylation is 1. The smallest absolute Gasteiger partial charge is 0.427 e. The molecule has 1 aliphatic heterocycles. The predicted molar refractivity (Wildman–Crippen MR) is 140 cm³/mol. The number of halogens is 4. The monoisotopic (exact) mass is 598 g/mol. The fraction of sp³-hybridized carbons (Fsp3) is 0.308. The molecule has 0 radical (unpaired) electrons. The number of nitrogens with zero attached hydrogens (tertiary/aromatic N) is 2. The zero-order valence-electron chi connectivity index (χ0n) is 22.0. The van der Waals surface area contributed by atoms with Crippen LogP contribution in [0.1, 0.15) is 24.3 Å². The minimum Gasteiger partial charge on any atom is -0.484 e. The highest BCUT2D eigenvalue weighted by Crippen LogP contribution is 2.39. The fourth-order valence-electron chi connectivity index (χ4n) is 3.88. The summed E-state index contributed by atoms with van der Waals surface area (Å²) in [6.45, 7) is 0.981. The Kier molecular flexibility index (Phi) is 7.94. The number of amides is 2. The van der Waals surface area contributed by atoms with Gasteiger partial charge in [0.15, 0.2) is 0 Å². The number of alkyl halides is 3. The molecule has 0 spiro atoms. The summed E-state index contributed by atoms with van der Waals surface area (Å²) in [6, 6.07) is 11.2. The Bertz CT molecular complexity index is 1550. The van der Waals surface area contributed by atoms with Crippen molar-refractivity contribution in [2.24, 2.45) is 7.05 Å². The molecule has 41 heavy (non-hydrogen) atoms. The van der Waals surface area contributed by atoms with Gasteiger partial charge in [0.05, 0.1) is 23.7 Å². The number of carbonyl (C=O) groups excluding carboxylic acids is 2. The van der Waals surface area contributed by atoms with E-state index in [4.69, 9.17) is 4.74 Å². The maximum atomic E-state index is 13.6. The van der Waals surface area contributed by atoms with E-state index in [0.29, 0.717) is 19.5 Å². The maximum absolute atomic E-state index is 13.6. The number of rotatable bonds is 7. The van der Waals surface area contributed by atoms with Gasteiger partial charge in [-0.1, -0.05) is 0 Å². The summed E-state index contributed by atoms with van der Waals surface area (Å²) in [5, 5.41) is 4.86. The first kappa shape index (κ1) is 29.7. The number of ether oxygens (including phenoxy) is 2. The van der Waals surface area contributed by atoms with Crippen molar-refractivity contribution in [3.8, 4) is 5.75 Å². The van der Waals surface area contributed by atoms with E-state index < -0.39 is 45.7 Å². The lowest BCUT2D eigenvalue weighted by Gasteiger charge is -2.36. The van der Waals surface area contributed by atoms with Crippen LogP contribution in [0.2, 0.25) is 0 Å². The quantitative estimate of drug-likeness (QED) is 0.389. The van der Waals surface area contributed by atoms with Crippen LogP contribution >= 0.6 is 0 Å². The Labute approximate surface area is 232 Å². The van der Waals surface area contributed by atoms with Gasteiger partial charge in [-0.15, -0.1) is 0 Å². The molecule has 2 aromatic carbocycles. The van der Waals surface area contributed by atoms with E-state index in [2.05, 4.69) is 15.4 Å². The summed E-state index contributed by atoms with van der Waals surface area (Å²) < 4.78 is 93.1. The van der Waals surface area contributed by atoms with Crippen molar-refractivity contribution in [1.29, 1.82) is 0 Å². The number of nitrogens with one attached hydrogen (secondary N) is 2. The second-order valence-corrected chi connectivity index (χ2v) is 11.5. The van der Waals surface area contributed by atoms with Crippen LogP contribution in [0.15, 0.2) is 65.7 Å². The van der Waals surface area contributed by atoms with Crippen LogP contribution in [0.5, 0.6) is 5.75 Å². The van der Waals surface area contributed by atoms with Crippen molar-refractivity contribution in [1.82, 2.24) is 9.88 Å². The molecule has 0 aliphatic carbocycles. The lowest BCUT2D eigenvalue weighted by atomic mass is 10.1. The molecule has 3 aromatic rings. The topological polar surface area (TPSA) is 119 Å². The second-order valence-electron chi connectivity index (χ2n) is 9.65. The first-order valence-electron chi connectivity index (χ1n) is 12.1. The number of benzene rings is 2. The van der Waals surface area contributed by atoms with E-state index in [9.17, 15) is 35.6 Å². The maximum Gasteiger partial charge on any atom is 0.427 e. The minimum atomic E-state index is -4.83. The Morgan fingerprint density at radius 3 is 2.39 bits per heavy atom. The summed E-state index contributed by atoms with van der Waals surface area (Å²) in [7, 11) is -2.64. The van der Waals surface area contributed by atoms with Crippen LogP contribution in [0.4, 0.5) is 33.7 Å². The van der Waals surface area contributed by atoms with Crippen LogP contribution in [0.3, 0.4) is 0 Å². The van der Waals surface area contributed by atoms with E-state index in [0.717, 1.165) is 28.6 Å². The zero-order chi connectivity index (χ0) is 30.2. The van der Waals surface area contributed by atoms with Gasteiger partial charge in [0.25, 0.3) is 15.9 Å². The molecule has 2 heterocycles. The van der Waals surface area contributed by atoms with Crippen molar-refractivity contribution in [3.63, 3.8) is 0 Å². The summed E-state index contributed by atoms with van der Waals surface area (Å²) in [5.41, 5.74) is -2.55. The van der Waals surface area contributed by atoms with Crippen molar-refractivity contribution in [2.75, 3.05) is 22.7 Å². The fourth-order valence-corrected chi connectivity index (χ4v) is 5.38. The minimum absolute atomic E-state index is 0.0489. The van der Waals surface area contributed by atoms with Gasteiger partial charge < -0.3 is 19.4 Å². The normalized spacial score (nSPS) is 15.5. The van der Waals surface area contributed by atoms with Gasteiger partial charge in [-0.2, -0.15) is 13.2 Å². The Morgan fingerprint density at radius 1 is 1.10 bits per heavy atom. The molecule has 0 saturated heterocycles. The van der Waals surface area contributed by atoms with Crippen LogP contribution < -0.4 is 19.7 Å². The molecular weight excluding hydrogens is 572 g/mol. The van der Waals surface area contributed by atoms with Crippen molar-refractivity contribution < 1.29 is 45.0 Å². The lowest BCUT2D eigenvalue weighted by Crippen LogP contribution is -2.48. The first-order chi connectivity index (χ1) is 19.1.